The minimum atomic E-state index is -1.01. The molecule has 1 amide bonds. The number of fused-ring (bicyclic) bond motifs is 3. The highest BCUT2D eigenvalue weighted by molar-refractivity contribution is 6.35. The van der Waals surface area contributed by atoms with E-state index in [1.54, 1.807) is 19.1 Å². The highest BCUT2D eigenvalue weighted by atomic mass is 35.5. The molecule has 3 aromatic carbocycles. The summed E-state index contributed by atoms with van der Waals surface area (Å²) < 4.78 is 11.9. The second-order valence-corrected chi connectivity index (χ2v) is 11.0. The SMILES string of the molecule is CCOC(=O)C1C(=O)NC23CCN([C@H](C)c4cccc5ccccc45)CC2C1c1cc(Cl)cc(Cl)c1O3. The summed E-state index contributed by atoms with van der Waals surface area (Å²) in [5.74, 6) is -2.12. The zero-order valence-electron chi connectivity index (χ0n) is 20.7. The monoisotopic (exact) mass is 538 g/mol. The number of benzene rings is 3. The predicted molar refractivity (Wildman–Crippen MR) is 143 cm³/mol. The number of piperidine rings is 2. The van der Waals surface area contributed by atoms with Crippen LogP contribution in [0.3, 0.4) is 0 Å². The summed E-state index contributed by atoms with van der Waals surface area (Å²) in [4.78, 5) is 28.9. The fourth-order valence-corrected chi connectivity index (χ4v) is 7.09. The van der Waals surface area contributed by atoms with Crippen molar-refractivity contribution in [3.8, 4) is 5.75 Å². The molecule has 6 nitrogen and oxygen atoms in total. The lowest BCUT2D eigenvalue weighted by molar-refractivity contribution is -0.175. The van der Waals surface area contributed by atoms with Crippen LogP contribution in [-0.4, -0.2) is 42.2 Å². The van der Waals surface area contributed by atoms with Gasteiger partial charge in [-0.3, -0.25) is 14.5 Å². The Labute approximate surface area is 225 Å². The van der Waals surface area contributed by atoms with Crippen molar-refractivity contribution in [1.29, 1.82) is 0 Å². The van der Waals surface area contributed by atoms with E-state index >= 15 is 0 Å². The summed E-state index contributed by atoms with van der Waals surface area (Å²) in [6.45, 7) is 5.47. The largest absolute Gasteiger partial charge is 0.466 e. The van der Waals surface area contributed by atoms with E-state index in [4.69, 9.17) is 32.7 Å². The molecule has 3 aromatic rings. The molecule has 37 heavy (non-hydrogen) atoms. The normalized spacial score (nSPS) is 27.5. The molecule has 2 bridgehead atoms. The number of hydrogen-bond donors (Lipinski definition) is 1. The molecular weight excluding hydrogens is 511 g/mol. The van der Waals surface area contributed by atoms with Gasteiger partial charge in [-0.25, -0.2) is 0 Å². The van der Waals surface area contributed by atoms with Crippen LogP contribution in [0.15, 0.2) is 54.6 Å². The van der Waals surface area contributed by atoms with Gasteiger partial charge in [-0.2, -0.15) is 0 Å². The summed E-state index contributed by atoms with van der Waals surface area (Å²) in [7, 11) is 0. The first-order valence-corrected chi connectivity index (χ1v) is 13.5. The van der Waals surface area contributed by atoms with Crippen LogP contribution in [0.2, 0.25) is 10.0 Å². The Balaban J connectivity index is 1.43. The van der Waals surface area contributed by atoms with Gasteiger partial charge >= 0.3 is 5.97 Å². The van der Waals surface area contributed by atoms with Gasteiger partial charge in [-0.1, -0.05) is 65.7 Å². The molecule has 5 atom stereocenters. The Morgan fingerprint density at radius 2 is 2.00 bits per heavy atom. The highest BCUT2D eigenvalue weighted by Crippen LogP contribution is 2.56. The highest BCUT2D eigenvalue weighted by Gasteiger charge is 2.62. The molecule has 0 aliphatic carbocycles. The fraction of sp³-hybridized carbons (Fsp3) is 0.379. The van der Waals surface area contributed by atoms with Crippen LogP contribution >= 0.6 is 23.2 Å². The van der Waals surface area contributed by atoms with Crippen LogP contribution in [0, 0.1) is 11.8 Å². The Bertz CT molecular complexity index is 1410. The zero-order chi connectivity index (χ0) is 25.9. The van der Waals surface area contributed by atoms with Crippen LogP contribution in [0.1, 0.15) is 43.4 Å². The predicted octanol–water partition coefficient (Wildman–Crippen LogP) is 5.71. The van der Waals surface area contributed by atoms with E-state index in [1.165, 1.54) is 16.3 Å². The van der Waals surface area contributed by atoms with Crippen molar-refractivity contribution in [2.24, 2.45) is 11.8 Å². The smallest absolute Gasteiger partial charge is 0.319 e. The fourth-order valence-electron chi connectivity index (χ4n) is 6.54. The molecule has 192 valence electrons. The summed E-state index contributed by atoms with van der Waals surface area (Å²) in [6.07, 6.45) is 0.558. The average Bonchev–Trinajstić information content (AvgIpc) is 2.88. The number of halogens is 2. The average molecular weight is 539 g/mol. The van der Waals surface area contributed by atoms with E-state index < -0.39 is 23.5 Å². The number of nitrogens with zero attached hydrogens (tertiary/aromatic N) is 1. The number of amides is 1. The molecule has 3 aliphatic rings. The topological polar surface area (TPSA) is 67.9 Å². The quantitative estimate of drug-likeness (QED) is 0.340. The molecule has 2 saturated heterocycles. The number of hydrogen-bond acceptors (Lipinski definition) is 5. The number of rotatable bonds is 4. The van der Waals surface area contributed by atoms with Gasteiger partial charge in [0.25, 0.3) is 0 Å². The third-order valence-electron chi connectivity index (χ3n) is 8.25. The van der Waals surface area contributed by atoms with E-state index in [0.29, 0.717) is 40.9 Å². The van der Waals surface area contributed by atoms with Crippen molar-refractivity contribution < 1.29 is 19.1 Å². The van der Waals surface area contributed by atoms with Gasteiger partial charge in [0.05, 0.1) is 11.6 Å². The van der Waals surface area contributed by atoms with Gasteiger partial charge < -0.3 is 14.8 Å². The van der Waals surface area contributed by atoms with Gasteiger partial charge in [-0.15, -0.1) is 0 Å². The van der Waals surface area contributed by atoms with Crippen molar-refractivity contribution in [3.63, 3.8) is 0 Å². The summed E-state index contributed by atoms with van der Waals surface area (Å²) in [5.41, 5.74) is 0.976. The van der Waals surface area contributed by atoms with Crippen LogP contribution in [0.5, 0.6) is 5.75 Å². The maximum atomic E-state index is 13.4. The lowest BCUT2D eigenvalue weighted by Gasteiger charge is -2.58. The molecule has 0 spiro atoms. The zero-order valence-corrected chi connectivity index (χ0v) is 22.2. The van der Waals surface area contributed by atoms with Gasteiger partial charge in [0, 0.05) is 48.0 Å². The molecule has 2 fully saturated rings. The van der Waals surface area contributed by atoms with Crippen molar-refractivity contribution in [3.05, 3.63) is 75.8 Å². The van der Waals surface area contributed by atoms with Crippen LogP contribution in [0.4, 0.5) is 0 Å². The minimum Gasteiger partial charge on any atom is -0.466 e. The van der Waals surface area contributed by atoms with E-state index in [1.807, 2.05) is 6.07 Å². The molecule has 3 aliphatic heterocycles. The number of nitrogens with one attached hydrogen (secondary N) is 1. The first-order valence-electron chi connectivity index (χ1n) is 12.7. The Hall–Kier alpha value is -2.80. The van der Waals surface area contributed by atoms with E-state index in [9.17, 15) is 9.59 Å². The van der Waals surface area contributed by atoms with Gasteiger partial charge in [0.15, 0.2) is 5.72 Å². The molecule has 0 saturated carbocycles. The Kier molecular flexibility index (Phi) is 6.09. The number of esters is 1. The van der Waals surface area contributed by atoms with Crippen molar-refractivity contribution in [1.82, 2.24) is 10.2 Å². The maximum Gasteiger partial charge on any atom is 0.319 e. The molecule has 8 heteroatoms. The summed E-state index contributed by atoms with van der Waals surface area (Å²) in [5, 5.41) is 6.31. The second kappa shape index (κ2) is 9.19. The first-order chi connectivity index (χ1) is 17.8. The van der Waals surface area contributed by atoms with Crippen LogP contribution < -0.4 is 10.1 Å². The second-order valence-electron chi connectivity index (χ2n) is 10.1. The molecular formula is C29H28Cl2N2O4. The van der Waals surface area contributed by atoms with E-state index in [-0.39, 0.29) is 24.5 Å². The Morgan fingerprint density at radius 1 is 1.22 bits per heavy atom. The number of carbonyl (C=O) groups excluding carboxylic acids is 2. The summed E-state index contributed by atoms with van der Waals surface area (Å²) in [6, 6.07) is 18.3. The van der Waals surface area contributed by atoms with Gasteiger partial charge in [-0.05, 0) is 42.3 Å². The van der Waals surface area contributed by atoms with Crippen molar-refractivity contribution in [2.75, 3.05) is 19.7 Å². The summed E-state index contributed by atoms with van der Waals surface area (Å²) >= 11 is 13.0. The van der Waals surface area contributed by atoms with E-state index in [0.717, 1.165) is 0 Å². The molecule has 6 rings (SSSR count). The molecule has 0 aromatic heterocycles. The Morgan fingerprint density at radius 3 is 2.81 bits per heavy atom. The third kappa shape index (κ3) is 3.89. The molecule has 0 radical (unpaired) electrons. The van der Waals surface area contributed by atoms with Gasteiger partial charge in [0.1, 0.15) is 11.7 Å². The van der Waals surface area contributed by atoms with E-state index in [2.05, 4.69) is 53.5 Å². The maximum absolute atomic E-state index is 13.4. The molecule has 3 heterocycles. The standard InChI is InChI=1S/C29H28Cl2N2O4/c1-3-36-28(35)25-24-21-13-18(30)14-23(31)26(21)37-29(32-27(25)34)11-12-33(15-22(24)29)16(2)19-10-6-8-17-7-4-5-9-20(17)19/h4-10,13-14,16,22,24-25H,3,11-12,15H2,1-2H3,(H,32,34)/t16-,22?,24?,25?,29?/m1/s1. The van der Waals surface area contributed by atoms with Crippen molar-refractivity contribution in [2.45, 2.75) is 38.0 Å². The van der Waals surface area contributed by atoms with Gasteiger partial charge in [0.2, 0.25) is 5.91 Å². The van der Waals surface area contributed by atoms with Crippen LogP contribution in [-0.2, 0) is 14.3 Å². The molecule has 4 unspecified atom stereocenters. The van der Waals surface area contributed by atoms with Crippen molar-refractivity contribution >= 4 is 45.9 Å². The number of carbonyl (C=O) groups is 2. The number of likely N-dealkylation sites (tertiary alicyclic amines) is 1. The third-order valence-corrected chi connectivity index (χ3v) is 8.75. The lowest BCUT2D eigenvalue weighted by Crippen LogP contribution is -2.73. The number of ether oxygens (including phenoxy) is 2. The molecule has 1 N–H and O–H groups in total. The minimum absolute atomic E-state index is 0.116. The van der Waals surface area contributed by atoms with Crippen LogP contribution in [0.25, 0.3) is 10.8 Å². The first kappa shape index (κ1) is 24.5. The lowest BCUT2D eigenvalue weighted by atomic mass is 9.64.